The largest absolute Gasteiger partial charge is 0.298 e. The van der Waals surface area contributed by atoms with E-state index in [1.54, 1.807) is 19.2 Å². The summed E-state index contributed by atoms with van der Waals surface area (Å²) in [6.07, 6.45) is 0.575. The fourth-order valence-corrected chi connectivity index (χ4v) is 3.24. The van der Waals surface area contributed by atoms with Gasteiger partial charge in [-0.15, -0.1) is 0 Å². The first kappa shape index (κ1) is 10.4. The van der Waals surface area contributed by atoms with Crippen molar-refractivity contribution in [2.45, 2.75) is 24.0 Å². The zero-order valence-electron chi connectivity index (χ0n) is 7.35. The van der Waals surface area contributed by atoms with Crippen LogP contribution in [-0.4, -0.2) is 20.0 Å². The fraction of sp³-hybridized carbons (Fsp3) is 0.375. The van der Waals surface area contributed by atoms with Crippen LogP contribution < -0.4 is 0 Å². The predicted molar refractivity (Wildman–Crippen MR) is 52.0 cm³/mol. The normalized spacial score (nSPS) is 11.9. The maximum Gasteiger partial charge on any atom is 0.182 e. The van der Waals surface area contributed by atoms with Gasteiger partial charge in [0, 0.05) is 16.3 Å². The van der Waals surface area contributed by atoms with Gasteiger partial charge in [0.1, 0.15) is 0 Å². The Kier molecular flexibility index (Phi) is 2.87. The van der Waals surface area contributed by atoms with E-state index in [1.165, 1.54) is 16.7 Å². The topological polar surface area (TPSA) is 51.2 Å². The number of sulfone groups is 1. The minimum atomic E-state index is -3.30. The van der Waals surface area contributed by atoms with Crippen molar-refractivity contribution < 1.29 is 13.2 Å². The van der Waals surface area contributed by atoms with E-state index >= 15 is 0 Å². The highest BCUT2D eigenvalue weighted by Gasteiger charge is 2.22. The second-order valence-corrected chi connectivity index (χ2v) is 6.12. The molecule has 0 amide bonds. The average molecular weight is 218 g/mol. The minimum absolute atomic E-state index is 0.155. The van der Waals surface area contributed by atoms with Crippen LogP contribution in [-0.2, 0) is 9.84 Å². The van der Waals surface area contributed by atoms with E-state index in [-0.39, 0.29) is 10.5 Å². The third kappa shape index (κ3) is 1.81. The molecule has 0 bridgehead atoms. The summed E-state index contributed by atoms with van der Waals surface area (Å²) in [6.45, 7) is 3.20. The highest BCUT2D eigenvalue weighted by molar-refractivity contribution is 7.92. The lowest BCUT2D eigenvalue weighted by molar-refractivity contribution is 0.112. The molecular weight excluding hydrogens is 208 g/mol. The molecule has 0 aliphatic rings. The lowest BCUT2D eigenvalue weighted by atomic mass is 10.4. The fourth-order valence-electron chi connectivity index (χ4n) is 0.866. The molecule has 0 spiro atoms. The van der Waals surface area contributed by atoms with Gasteiger partial charge in [0.15, 0.2) is 16.1 Å². The van der Waals surface area contributed by atoms with Crippen molar-refractivity contribution in [3.05, 3.63) is 16.3 Å². The molecule has 13 heavy (non-hydrogen) atoms. The zero-order chi connectivity index (χ0) is 10.1. The lowest BCUT2D eigenvalue weighted by Crippen LogP contribution is -2.14. The molecule has 1 heterocycles. The van der Waals surface area contributed by atoms with E-state index < -0.39 is 15.1 Å². The first-order valence-corrected chi connectivity index (χ1v) is 6.24. The predicted octanol–water partition coefficient (Wildman–Crippen LogP) is 1.74. The number of carbonyl (C=O) groups excluding carboxylic acids is 1. The Labute approximate surface area is 81.3 Å². The highest BCUT2D eigenvalue weighted by atomic mass is 32.2. The van der Waals surface area contributed by atoms with E-state index in [2.05, 4.69) is 0 Å². The van der Waals surface area contributed by atoms with Crippen molar-refractivity contribution in [3.63, 3.8) is 0 Å². The number of carbonyl (C=O) groups is 1. The van der Waals surface area contributed by atoms with Gasteiger partial charge in [-0.1, -0.05) is 0 Å². The van der Waals surface area contributed by atoms with Gasteiger partial charge >= 0.3 is 0 Å². The Morgan fingerprint density at radius 3 is 2.46 bits per heavy atom. The number of aldehydes is 1. The third-order valence-corrected chi connectivity index (χ3v) is 4.83. The third-order valence-electron chi connectivity index (χ3n) is 1.71. The van der Waals surface area contributed by atoms with Gasteiger partial charge in [-0.05, 0) is 13.8 Å². The number of hydrogen-bond acceptors (Lipinski definition) is 4. The summed E-state index contributed by atoms with van der Waals surface area (Å²) >= 11 is 1.22. The Balaban J connectivity index is 3.30. The summed E-state index contributed by atoms with van der Waals surface area (Å²) in [5, 5.41) is 2.56. The van der Waals surface area contributed by atoms with Crippen LogP contribution in [0.3, 0.4) is 0 Å². The van der Waals surface area contributed by atoms with Crippen LogP contribution in [0.1, 0.15) is 24.2 Å². The molecule has 0 saturated carbocycles. The minimum Gasteiger partial charge on any atom is -0.298 e. The lowest BCUT2D eigenvalue weighted by Gasteiger charge is -2.05. The van der Waals surface area contributed by atoms with E-state index in [0.717, 1.165) is 0 Å². The molecule has 0 aliphatic heterocycles. The zero-order valence-corrected chi connectivity index (χ0v) is 8.98. The summed E-state index contributed by atoms with van der Waals surface area (Å²) in [5.41, 5.74) is 0.263. The van der Waals surface area contributed by atoms with Crippen molar-refractivity contribution in [1.82, 2.24) is 0 Å². The maximum atomic E-state index is 11.6. The standard InChI is InChI=1S/C8H10O3S2/c1-6(2)13(10,11)8-5-12-4-7(8)3-9/h3-6H,1-2H3. The van der Waals surface area contributed by atoms with Crippen LogP contribution in [0.25, 0.3) is 0 Å². The molecule has 0 N–H and O–H groups in total. The quantitative estimate of drug-likeness (QED) is 0.726. The number of rotatable bonds is 3. The van der Waals surface area contributed by atoms with Gasteiger partial charge in [-0.25, -0.2) is 8.42 Å². The Morgan fingerprint density at radius 2 is 2.00 bits per heavy atom. The molecular formula is C8H10O3S2. The summed E-state index contributed by atoms with van der Waals surface area (Å²) in [5.74, 6) is 0. The molecule has 72 valence electrons. The molecule has 0 atom stereocenters. The first-order valence-electron chi connectivity index (χ1n) is 3.75. The van der Waals surface area contributed by atoms with Gasteiger partial charge < -0.3 is 0 Å². The van der Waals surface area contributed by atoms with Gasteiger partial charge in [-0.2, -0.15) is 11.3 Å². The monoisotopic (exact) mass is 218 g/mol. The van der Waals surface area contributed by atoms with Crippen molar-refractivity contribution in [3.8, 4) is 0 Å². The SMILES string of the molecule is CC(C)S(=O)(=O)c1cscc1C=O. The van der Waals surface area contributed by atoms with Crippen LogP contribution in [0, 0.1) is 0 Å². The highest BCUT2D eigenvalue weighted by Crippen LogP contribution is 2.22. The van der Waals surface area contributed by atoms with Gasteiger partial charge in [0.2, 0.25) is 0 Å². The Hall–Kier alpha value is -0.680. The molecule has 0 unspecified atom stereocenters. The van der Waals surface area contributed by atoms with Crippen molar-refractivity contribution >= 4 is 27.5 Å². The van der Waals surface area contributed by atoms with Crippen LogP contribution in [0.15, 0.2) is 15.7 Å². The molecule has 0 saturated heterocycles. The van der Waals surface area contributed by atoms with Gasteiger partial charge in [0.05, 0.1) is 10.1 Å². The first-order chi connectivity index (χ1) is 6.00. The van der Waals surface area contributed by atoms with Crippen LogP contribution >= 0.6 is 11.3 Å². The van der Waals surface area contributed by atoms with Crippen LogP contribution in [0.4, 0.5) is 0 Å². The number of thiophene rings is 1. The second kappa shape index (κ2) is 3.59. The van der Waals surface area contributed by atoms with Gasteiger partial charge in [-0.3, -0.25) is 4.79 Å². The van der Waals surface area contributed by atoms with E-state index in [4.69, 9.17) is 0 Å². The van der Waals surface area contributed by atoms with Crippen LogP contribution in [0.5, 0.6) is 0 Å². The van der Waals surface area contributed by atoms with E-state index in [0.29, 0.717) is 6.29 Å². The number of hydrogen-bond donors (Lipinski definition) is 0. The Morgan fingerprint density at radius 1 is 1.38 bits per heavy atom. The molecule has 0 radical (unpaired) electrons. The van der Waals surface area contributed by atoms with Crippen molar-refractivity contribution in [1.29, 1.82) is 0 Å². The van der Waals surface area contributed by atoms with Crippen molar-refractivity contribution in [2.24, 2.45) is 0 Å². The van der Waals surface area contributed by atoms with E-state index in [9.17, 15) is 13.2 Å². The van der Waals surface area contributed by atoms with Gasteiger partial charge in [0.25, 0.3) is 0 Å². The second-order valence-electron chi connectivity index (χ2n) is 2.90. The average Bonchev–Trinajstić information content (AvgIpc) is 2.51. The summed E-state index contributed by atoms with van der Waals surface area (Å²) in [4.78, 5) is 10.7. The maximum absolute atomic E-state index is 11.6. The molecule has 1 aromatic rings. The molecule has 1 rings (SSSR count). The molecule has 0 aliphatic carbocycles. The summed E-state index contributed by atoms with van der Waals surface area (Å²) < 4.78 is 23.2. The van der Waals surface area contributed by atoms with E-state index in [1.807, 2.05) is 0 Å². The molecule has 5 heteroatoms. The van der Waals surface area contributed by atoms with Crippen LogP contribution in [0.2, 0.25) is 0 Å². The summed E-state index contributed by atoms with van der Waals surface area (Å²) in [7, 11) is -3.30. The molecule has 0 aromatic carbocycles. The molecule has 0 fully saturated rings. The summed E-state index contributed by atoms with van der Waals surface area (Å²) in [6, 6.07) is 0. The smallest absolute Gasteiger partial charge is 0.182 e. The molecule has 1 aromatic heterocycles. The van der Waals surface area contributed by atoms with Crippen molar-refractivity contribution in [2.75, 3.05) is 0 Å². The molecule has 3 nitrogen and oxygen atoms in total. The Bertz CT molecular complexity index is 401.